The van der Waals surface area contributed by atoms with Gasteiger partial charge in [-0.3, -0.25) is 24.2 Å². The molecule has 0 aliphatic carbocycles. The first-order valence-corrected chi connectivity index (χ1v) is 14.3. The van der Waals surface area contributed by atoms with E-state index in [1.165, 1.54) is 30.3 Å². The first-order valence-electron chi connectivity index (χ1n) is 12.8. The standard InChI is InChI=1S/C27H28N4O8S/c1-3-5-19(29-25(33)23-13-17-12-18(38-2)7-8-22(17)39-23)26(34)30-11-9-20-24(30)21(32)15-31(20)40(36,37)27(35)16-6-4-10-28-14-16/h4,6-8,10,12-14,19-20,24H,3,5,9,11,15H2,1-2H3,(H,29,33). The maximum atomic E-state index is 13.6. The molecule has 2 aliphatic heterocycles. The monoisotopic (exact) mass is 568 g/mol. The van der Waals surface area contributed by atoms with Crippen LogP contribution in [0, 0.1) is 0 Å². The van der Waals surface area contributed by atoms with Gasteiger partial charge in [-0.25, -0.2) is 8.42 Å². The van der Waals surface area contributed by atoms with Crippen molar-refractivity contribution in [2.75, 3.05) is 20.2 Å². The highest BCUT2D eigenvalue weighted by molar-refractivity contribution is 8.04. The number of hydrogen-bond donors (Lipinski definition) is 1. The maximum absolute atomic E-state index is 13.6. The van der Waals surface area contributed by atoms with Gasteiger partial charge in [0.25, 0.3) is 21.0 Å². The van der Waals surface area contributed by atoms with Crippen LogP contribution in [-0.4, -0.2) is 83.6 Å². The number of furan rings is 1. The second kappa shape index (κ2) is 10.8. The Morgan fingerprint density at radius 2 is 2.02 bits per heavy atom. The Labute approximate surface area is 230 Å². The van der Waals surface area contributed by atoms with Crippen LogP contribution in [0.15, 0.2) is 53.2 Å². The highest BCUT2D eigenvalue weighted by Gasteiger charge is 2.55. The zero-order valence-electron chi connectivity index (χ0n) is 21.9. The van der Waals surface area contributed by atoms with Gasteiger partial charge < -0.3 is 19.4 Å². The molecule has 2 aromatic heterocycles. The summed E-state index contributed by atoms with van der Waals surface area (Å²) in [6.45, 7) is 1.44. The second-order valence-electron chi connectivity index (χ2n) is 9.71. The summed E-state index contributed by atoms with van der Waals surface area (Å²) in [5.74, 6) is -0.957. The van der Waals surface area contributed by atoms with Crippen molar-refractivity contribution in [1.82, 2.24) is 19.5 Å². The first kappa shape index (κ1) is 27.5. The molecule has 2 saturated heterocycles. The molecule has 4 heterocycles. The van der Waals surface area contributed by atoms with Gasteiger partial charge in [0, 0.05) is 24.3 Å². The van der Waals surface area contributed by atoms with E-state index >= 15 is 0 Å². The molecule has 0 saturated carbocycles. The average Bonchev–Trinajstić information content (AvgIpc) is 3.67. The first-order chi connectivity index (χ1) is 19.1. The lowest BCUT2D eigenvalue weighted by atomic mass is 10.1. The number of amides is 2. The third kappa shape index (κ3) is 4.86. The van der Waals surface area contributed by atoms with Gasteiger partial charge in [-0.1, -0.05) is 13.3 Å². The molecule has 2 aliphatic rings. The molecule has 0 radical (unpaired) electrons. The predicted molar refractivity (Wildman–Crippen MR) is 142 cm³/mol. The van der Waals surface area contributed by atoms with Crippen molar-refractivity contribution in [2.45, 2.75) is 44.3 Å². The molecule has 3 aromatic rings. The minimum atomic E-state index is -4.53. The van der Waals surface area contributed by atoms with Crippen molar-refractivity contribution < 1.29 is 36.7 Å². The summed E-state index contributed by atoms with van der Waals surface area (Å²) in [6.07, 6.45) is 3.60. The third-order valence-corrected chi connectivity index (χ3v) is 8.95. The smallest absolute Gasteiger partial charge is 0.293 e. The third-order valence-electron chi connectivity index (χ3n) is 7.23. The molecule has 5 rings (SSSR count). The fraction of sp³-hybridized carbons (Fsp3) is 0.370. The fourth-order valence-electron chi connectivity index (χ4n) is 5.32. The summed E-state index contributed by atoms with van der Waals surface area (Å²) in [5, 5.41) is 2.22. The Bertz CT molecular complexity index is 1590. The van der Waals surface area contributed by atoms with Crippen LogP contribution in [0.5, 0.6) is 5.75 Å². The van der Waals surface area contributed by atoms with Gasteiger partial charge in [0.05, 0.1) is 25.3 Å². The summed E-state index contributed by atoms with van der Waals surface area (Å²) in [6, 6.07) is 6.55. The molecule has 12 nitrogen and oxygen atoms in total. The van der Waals surface area contributed by atoms with E-state index in [1.54, 1.807) is 24.3 Å². The number of fused-ring (bicyclic) bond motifs is 2. The van der Waals surface area contributed by atoms with E-state index in [0.717, 1.165) is 10.5 Å². The normalized spacial score (nSPS) is 19.9. The Kier molecular flexibility index (Phi) is 7.43. The number of hydrogen-bond acceptors (Lipinski definition) is 9. The van der Waals surface area contributed by atoms with Crippen LogP contribution in [0.1, 0.15) is 47.1 Å². The van der Waals surface area contributed by atoms with Gasteiger partial charge in [0.15, 0.2) is 11.5 Å². The van der Waals surface area contributed by atoms with Crippen LogP contribution < -0.4 is 10.1 Å². The molecule has 0 bridgehead atoms. The minimum absolute atomic E-state index is 0.0135. The molecule has 40 heavy (non-hydrogen) atoms. The quantitative estimate of drug-likeness (QED) is 0.428. The van der Waals surface area contributed by atoms with E-state index in [9.17, 15) is 27.6 Å². The van der Waals surface area contributed by atoms with Crippen molar-refractivity contribution in [3.8, 4) is 5.75 Å². The Morgan fingerprint density at radius 3 is 2.73 bits per heavy atom. The van der Waals surface area contributed by atoms with Crippen molar-refractivity contribution >= 4 is 43.7 Å². The van der Waals surface area contributed by atoms with Gasteiger partial charge in [-0.15, -0.1) is 0 Å². The van der Waals surface area contributed by atoms with E-state index in [0.29, 0.717) is 29.6 Å². The number of pyridine rings is 1. The van der Waals surface area contributed by atoms with Crippen LogP contribution in [0.25, 0.3) is 11.0 Å². The number of aromatic nitrogens is 1. The minimum Gasteiger partial charge on any atom is -0.497 e. The van der Waals surface area contributed by atoms with Gasteiger partial charge in [-0.05, 0) is 49.2 Å². The molecule has 3 atom stereocenters. The predicted octanol–water partition coefficient (Wildman–Crippen LogP) is 1.76. The van der Waals surface area contributed by atoms with Crippen LogP contribution in [0.3, 0.4) is 0 Å². The molecular weight excluding hydrogens is 540 g/mol. The summed E-state index contributed by atoms with van der Waals surface area (Å²) in [5.41, 5.74) is 0.365. The number of nitrogens with zero attached hydrogens (tertiary/aromatic N) is 3. The lowest BCUT2D eigenvalue weighted by Crippen LogP contribution is -2.52. The van der Waals surface area contributed by atoms with Gasteiger partial charge >= 0.3 is 0 Å². The number of Topliss-reactive ketones (excluding diaryl/α,β-unsaturated/α-hetero) is 1. The highest BCUT2D eigenvalue weighted by atomic mass is 32.2. The zero-order valence-corrected chi connectivity index (χ0v) is 22.7. The number of rotatable bonds is 8. The van der Waals surface area contributed by atoms with E-state index in [-0.39, 0.29) is 24.3 Å². The largest absolute Gasteiger partial charge is 0.497 e. The Morgan fingerprint density at radius 1 is 1.23 bits per heavy atom. The summed E-state index contributed by atoms with van der Waals surface area (Å²) < 4.78 is 38.1. The molecule has 1 N–H and O–H groups in total. The van der Waals surface area contributed by atoms with Gasteiger partial charge in [-0.2, -0.15) is 4.31 Å². The Hall–Kier alpha value is -4.10. The van der Waals surface area contributed by atoms with E-state index in [1.807, 2.05) is 6.92 Å². The van der Waals surface area contributed by atoms with E-state index in [4.69, 9.17) is 9.15 Å². The lowest BCUT2D eigenvalue weighted by molar-refractivity contribution is -0.138. The number of methoxy groups -OCH3 is 1. The summed E-state index contributed by atoms with van der Waals surface area (Å²) in [7, 11) is -3.00. The topological polar surface area (TPSA) is 156 Å². The molecule has 0 spiro atoms. The van der Waals surface area contributed by atoms with Crippen molar-refractivity contribution in [1.29, 1.82) is 0 Å². The number of carbonyl (C=O) groups excluding carboxylic acids is 4. The van der Waals surface area contributed by atoms with Gasteiger partial charge in [0.2, 0.25) is 5.91 Å². The number of nitrogens with one attached hydrogen (secondary N) is 1. The molecule has 210 valence electrons. The van der Waals surface area contributed by atoms with Gasteiger partial charge in [0.1, 0.15) is 23.4 Å². The number of ether oxygens (including phenoxy) is 1. The lowest BCUT2D eigenvalue weighted by Gasteiger charge is -2.28. The summed E-state index contributed by atoms with van der Waals surface area (Å²) >= 11 is 0. The number of benzene rings is 1. The van der Waals surface area contributed by atoms with Crippen LogP contribution in [-0.2, 0) is 19.6 Å². The fourth-order valence-corrected chi connectivity index (χ4v) is 6.82. The second-order valence-corrected chi connectivity index (χ2v) is 11.5. The molecular formula is C27H28N4O8S. The zero-order chi connectivity index (χ0) is 28.6. The average molecular weight is 569 g/mol. The van der Waals surface area contributed by atoms with E-state index < -0.39 is 57.4 Å². The number of likely N-dealkylation sites (tertiary alicyclic amines) is 1. The molecule has 13 heteroatoms. The molecule has 3 unspecified atom stereocenters. The highest BCUT2D eigenvalue weighted by Crippen LogP contribution is 2.33. The van der Waals surface area contributed by atoms with Crippen molar-refractivity contribution in [3.63, 3.8) is 0 Å². The van der Waals surface area contributed by atoms with E-state index in [2.05, 4.69) is 10.3 Å². The Balaban J connectivity index is 1.33. The van der Waals surface area contributed by atoms with Crippen molar-refractivity contribution in [3.05, 3.63) is 60.1 Å². The SMILES string of the molecule is CCCC(NC(=O)c1cc2cc(OC)ccc2o1)C(=O)N1CCC2C1C(=O)CN2S(=O)(=O)C(=O)c1cccnc1. The maximum Gasteiger partial charge on any atom is 0.293 e. The van der Waals surface area contributed by atoms with Crippen molar-refractivity contribution in [2.24, 2.45) is 0 Å². The number of sulfonamides is 1. The summed E-state index contributed by atoms with van der Waals surface area (Å²) in [4.78, 5) is 57.6. The van der Waals surface area contributed by atoms with Crippen LogP contribution >= 0.6 is 0 Å². The number of carbonyl (C=O) groups is 4. The molecule has 2 fully saturated rings. The number of ketones is 1. The molecule has 1 aromatic carbocycles. The van der Waals surface area contributed by atoms with Crippen LogP contribution in [0.4, 0.5) is 0 Å². The van der Waals surface area contributed by atoms with Crippen LogP contribution in [0.2, 0.25) is 0 Å². The molecule has 2 amide bonds.